The zero-order chi connectivity index (χ0) is 19.4. The number of halogens is 3. The second kappa shape index (κ2) is 8.49. The molecular weight excluding hydrogens is 394 g/mol. The van der Waals surface area contributed by atoms with E-state index in [2.05, 4.69) is 15.5 Å². The second-order valence-electron chi connectivity index (χ2n) is 5.52. The SMILES string of the molecule is CCn1c(SCC(=O)Nc2cc(F)ccc2F)nnc1-c1ccc(Cl)cc1. The number of nitrogens with one attached hydrogen (secondary N) is 1. The van der Waals surface area contributed by atoms with Gasteiger partial charge in [-0.25, -0.2) is 8.78 Å². The van der Waals surface area contributed by atoms with Gasteiger partial charge in [0.2, 0.25) is 5.91 Å². The van der Waals surface area contributed by atoms with Gasteiger partial charge in [0, 0.05) is 23.2 Å². The normalized spacial score (nSPS) is 10.8. The number of hydrogen-bond acceptors (Lipinski definition) is 4. The summed E-state index contributed by atoms with van der Waals surface area (Å²) in [6, 6.07) is 10.1. The molecule has 0 atom stereocenters. The van der Waals surface area contributed by atoms with Crippen molar-refractivity contribution in [2.75, 3.05) is 11.1 Å². The van der Waals surface area contributed by atoms with Crippen LogP contribution in [0.15, 0.2) is 47.6 Å². The quantitative estimate of drug-likeness (QED) is 0.604. The molecule has 1 amide bonds. The Morgan fingerprint density at radius 2 is 1.93 bits per heavy atom. The molecule has 0 radical (unpaired) electrons. The molecule has 27 heavy (non-hydrogen) atoms. The Kier molecular flexibility index (Phi) is 6.08. The van der Waals surface area contributed by atoms with Gasteiger partial charge in [-0.2, -0.15) is 0 Å². The molecule has 0 fully saturated rings. The first kappa shape index (κ1) is 19.3. The van der Waals surface area contributed by atoms with Crippen molar-refractivity contribution in [1.82, 2.24) is 14.8 Å². The van der Waals surface area contributed by atoms with E-state index in [1.165, 1.54) is 0 Å². The van der Waals surface area contributed by atoms with Crippen molar-refractivity contribution in [3.63, 3.8) is 0 Å². The van der Waals surface area contributed by atoms with E-state index >= 15 is 0 Å². The topological polar surface area (TPSA) is 59.8 Å². The highest BCUT2D eigenvalue weighted by molar-refractivity contribution is 7.99. The van der Waals surface area contributed by atoms with E-state index in [0.717, 1.165) is 35.5 Å². The van der Waals surface area contributed by atoms with Crippen LogP contribution in [0.5, 0.6) is 0 Å². The zero-order valence-corrected chi connectivity index (χ0v) is 15.8. The van der Waals surface area contributed by atoms with Crippen molar-refractivity contribution in [2.45, 2.75) is 18.6 Å². The molecule has 0 aliphatic heterocycles. The third-order valence-corrected chi connectivity index (χ3v) is 4.89. The Labute approximate surface area is 163 Å². The first-order valence-electron chi connectivity index (χ1n) is 8.04. The monoisotopic (exact) mass is 408 g/mol. The van der Waals surface area contributed by atoms with Crippen LogP contribution < -0.4 is 5.32 Å². The van der Waals surface area contributed by atoms with Crippen LogP contribution in [0.2, 0.25) is 5.02 Å². The van der Waals surface area contributed by atoms with Gasteiger partial charge in [-0.1, -0.05) is 23.4 Å². The van der Waals surface area contributed by atoms with E-state index in [0.29, 0.717) is 22.5 Å². The second-order valence-corrected chi connectivity index (χ2v) is 6.90. The summed E-state index contributed by atoms with van der Waals surface area (Å²) in [4.78, 5) is 12.1. The number of carbonyl (C=O) groups excluding carboxylic acids is 1. The third kappa shape index (κ3) is 4.64. The maximum atomic E-state index is 13.6. The summed E-state index contributed by atoms with van der Waals surface area (Å²) in [5, 5.41) is 11.8. The van der Waals surface area contributed by atoms with Gasteiger partial charge in [0.15, 0.2) is 11.0 Å². The molecule has 0 aliphatic rings. The summed E-state index contributed by atoms with van der Waals surface area (Å²) in [5.41, 5.74) is 0.659. The average molecular weight is 409 g/mol. The fraction of sp³-hybridized carbons (Fsp3) is 0.167. The van der Waals surface area contributed by atoms with Crippen molar-refractivity contribution in [3.05, 3.63) is 59.1 Å². The van der Waals surface area contributed by atoms with Crippen LogP contribution in [0.1, 0.15) is 6.92 Å². The van der Waals surface area contributed by atoms with Crippen LogP contribution >= 0.6 is 23.4 Å². The van der Waals surface area contributed by atoms with Gasteiger partial charge in [0.05, 0.1) is 11.4 Å². The van der Waals surface area contributed by atoms with Gasteiger partial charge in [-0.05, 0) is 43.3 Å². The van der Waals surface area contributed by atoms with Crippen LogP contribution in [0.25, 0.3) is 11.4 Å². The highest BCUT2D eigenvalue weighted by Gasteiger charge is 2.15. The Balaban J connectivity index is 1.70. The number of carbonyl (C=O) groups is 1. The zero-order valence-electron chi connectivity index (χ0n) is 14.2. The van der Waals surface area contributed by atoms with Crippen LogP contribution in [0.3, 0.4) is 0 Å². The van der Waals surface area contributed by atoms with E-state index in [9.17, 15) is 13.6 Å². The molecule has 140 valence electrons. The molecule has 0 bridgehead atoms. The summed E-state index contributed by atoms with van der Waals surface area (Å²) in [7, 11) is 0. The third-order valence-electron chi connectivity index (χ3n) is 3.67. The molecule has 1 heterocycles. The highest BCUT2D eigenvalue weighted by atomic mass is 35.5. The van der Waals surface area contributed by atoms with Crippen LogP contribution in [-0.4, -0.2) is 26.4 Å². The standard InChI is InChI=1S/C18H15ClF2N4OS/c1-2-25-17(11-3-5-12(19)6-4-11)23-24-18(25)27-10-16(26)22-15-9-13(20)7-8-14(15)21/h3-9H,2,10H2,1H3,(H,22,26). The minimum absolute atomic E-state index is 0.0191. The predicted molar refractivity (Wildman–Crippen MR) is 102 cm³/mol. The van der Waals surface area contributed by atoms with Gasteiger partial charge >= 0.3 is 0 Å². The number of thioether (sulfide) groups is 1. The summed E-state index contributed by atoms with van der Waals surface area (Å²) >= 11 is 7.07. The van der Waals surface area contributed by atoms with Gasteiger partial charge < -0.3 is 9.88 Å². The summed E-state index contributed by atoms with van der Waals surface area (Å²) < 4.78 is 28.7. The van der Waals surface area contributed by atoms with Crippen molar-refractivity contribution >= 4 is 35.0 Å². The lowest BCUT2D eigenvalue weighted by molar-refractivity contribution is -0.113. The number of hydrogen-bond donors (Lipinski definition) is 1. The van der Waals surface area contributed by atoms with Crippen molar-refractivity contribution in [2.24, 2.45) is 0 Å². The minimum atomic E-state index is -0.698. The van der Waals surface area contributed by atoms with Crippen LogP contribution in [0, 0.1) is 11.6 Å². The maximum absolute atomic E-state index is 13.6. The Bertz CT molecular complexity index is 962. The van der Waals surface area contributed by atoms with Gasteiger partial charge in [-0.15, -0.1) is 10.2 Å². The molecule has 1 aromatic heterocycles. The largest absolute Gasteiger partial charge is 0.323 e. The Morgan fingerprint density at radius 1 is 1.19 bits per heavy atom. The summed E-state index contributed by atoms with van der Waals surface area (Å²) in [5.74, 6) is -1.15. The Morgan fingerprint density at radius 3 is 2.63 bits per heavy atom. The van der Waals surface area contributed by atoms with Crippen molar-refractivity contribution in [3.8, 4) is 11.4 Å². The van der Waals surface area contributed by atoms with E-state index in [1.807, 2.05) is 23.6 Å². The molecule has 2 aromatic carbocycles. The summed E-state index contributed by atoms with van der Waals surface area (Å²) in [6.45, 7) is 2.54. The fourth-order valence-electron chi connectivity index (χ4n) is 2.40. The predicted octanol–water partition coefficient (Wildman–Crippen LogP) is 4.63. The lowest BCUT2D eigenvalue weighted by Crippen LogP contribution is -2.15. The van der Waals surface area contributed by atoms with Crippen LogP contribution in [-0.2, 0) is 11.3 Å². The van der Waals surface area contributed by atoms with E-state index in [4.69, 9.17) is 11.6 Å². The van der Waals surface area contributed by atoms with E-state index in [-0.39, 0.29) is 11.4 Å². The lowest BCUT2D eigenvalue weighted by Gasteiger charge is -2.08. The number of amides is 1. The van der Waals surface area contributed by atoms with Crippen LogP contribution in [0.4, 0.5) is 14.5 Å². The number of anilines is 1. The van der Waals surface area contributed by atoms with E-state index in [1.54, 1.807) is 12.1 Å². The van der Waals surface area contributed by atoms with Gasteiger partial charge in [0.1, 0.15) is 11.6 Å². The molecule has 0 spiro atoms. The summed E-state index contributed by atoms with van der Waals surface area (Å²) in [6.07, 6.45) is 0. The molecule has 3 aromatic rings. The molecule has 3 rings (SSSR count). The Hall–Kier alpha value is -2.45. The molecular formula is C18H15ClF2N4OS. The average Bonchev–Trinajstić information content (AvgIpc) is 3.06. The minimum Gasteiger partial charge on any atom is -0.323 e. The van der Waals surface area contributed by atoms with Gasteiger partial charge in [-0.3, -0.25) is 4.79 Å². The number of rotatable bonds is 6. The number of nitrogens with zero attached hydrogens (tertiary/aromatic N) is 3. The lowest BCUT2D eigenvalue weighted by atomic mass is 10.2. The smallest absolute Gasteiger partial charge is 0.234 e. The molecule has 1 N–H and O–H groups in total. The van der Waals surface area contributed by atoms with Crippen molar-refractivity contribution < 1.29 is 13.6 Å². The van der Waals surface area contributed by atoms with Crippen molar-refractivity contribution in [1.29, 1.82) is 0 Å². The van der Waals surface area contributed by atoms with E-state index < -0.39 is 17.5 Å². The molecule has 9 heteroatoms. The molecule has 0 saturated heterocycles. The first-order valence-corrected chi connectivity index (χ1v) is 9.41. The number of aromatic nitrogens is 3. The highest BCUT2D eigenvalue weighted by Crippen LogP contribution is 2.25. The number of benzene rings is 2. The molecule has 0 unspecified atom stereocenters. The molecule has 0 saturated carbocycles. The molecule has 0 aliphatic carbocycles. The first-order chi connectivity index (χ1) is 13.0. The van der Waals surface area contributed by atoms with Gasteiger partial charge in [0.25, 0.3) is 0 Å². The maximum Gasteiger partial charge on any atom is 0.234 e. The molecule has 5 nitrogen and oxygen atoms in total. The fourth-order valence-corrected chi connectivity index (χ4v) is 3.33.